The summed E-state index contributed by atoms with van der Waals surface area (Å²) < 4.78 is 24.8. The Morgan fingerprint density at radius 2 is 2.00 bits per heavy atom. The van der Waals surface area contributed by atoms with Crippen molar-refractivity contribution in [1.29, 1.82) is 5.26 Å². The maximum atomic E-state index is 12.4. The van der Waals surface area contributed by atoms with Crippen molar-refractivity contribution >= 4 is 38.1 Å². The number of nitrogens with zero attached hydrogens (tertiary/aromatic N) is 3. The van der Waals surface area contributed by atoms with E-state index >= 15 is 0 Å². The molecule has 0 aliphatic heterocycles. The number of aromatic nitrogens is 1. The lowest BCUT2D eigenvalue weighted by Gasteiger charge is -2.30. The predicted octanol–water partition coefficient (Wildman–Crippen LogP) is 3.09. The van der Waals surface area contributed by atoms with Gasteiger partial charge in [0.15, 0.2) is 5.13 Å². The number of benzene rings is 1. The Bertz CT molecular complexity index is 1070. The van der Waals surface area contributed by atoms with E-state index in [1.165, 1.54) is 11.3 Å². The first kappa shape index (κ1) is 23.2. The molecule has 2 aromatic rings. The van der Waals surface area contributed by atoms with Crippen molar-refractivity contribution < 1.29 is 18.3 Å². The van der Waals surface area contributed by atoms with Crippen LogP contribution in [0.2, 0.25) is 0 Å². The van der Waals surface area contributed by atoms with E-state index in [-0.39, 0.29) is 17.7 Å². The quantitative estimate of drug-likeness (QED) is 0.648. The largest absolute Gasteiger partial charge is 0.393 e. The number of nitriles is 1. The van der Waals surface area contributed by atoms with E-state index in [1.807, 2.05) is 21.8 Å². The number of carbonyl (C=O) groups excluding carboxylic acids is 1. The molecule has 166 valence electrons. The minimum absolute atomic E-state index is 0.0711. The Morgan fingerprint density at radius 3 is 2.61 bits per heavy atom. The maximum Gasteiger partial charge on any atom is 0.284 e. The third kappa shape index (κ3) is 6.03. The van der Waals surface area contributed by atoms with Crippen LogP contribution in [0.4, 0.5) is 10.8 Å². The Morgan fingerprint density at radius 1 is 1.32 bits per heavy atom. The number of aliphatic hydroxyl groups excluding tert-OH is 1. The topological polar surface area (TPSA) is 123 Å². The molecule has 2 atom stereocenters. The fourth-order valence-corrected chi connectivity index (χ4v) is 5.18. The third-order valence-corrected chi connectivity index (χ3v) is 6.96. The zero-order chi connectivity index (χ0) is 22.6. The van der Waals surface area contributed by atoms with E-state index in [1.54, 1.807) is 19.1 Å². The van der Waals surface area contributed by atoms with Gasteiger partial charge in [0, 0.05) is 17.1 Å². The number of carbonyl (C=O) groups is 1. The molecule has 0 radical (unpaired) electrons. The molecule has 10 heteroatoms. The molecule has 1 aliphatic rings. The van der Waals surface area contributed by atoms with Crippen LogP contribution in [-0.2, 0) is 10.0 Å². The molecule has 0 saturated heterocycles. The molecule has 1 aliphatic carbocycles. The first-order chi connectivity index (χ1) is 14.7. The Labute approximate surface area is 186 Å². The van der Waals surface area contributed by atoms with Gasteiger partial charge in [0.25, 0.3) is 5.91 Å². The highest BCUT2D eigenvalue weighted by molar-refractivity contribution is 7.89. The van der Waals surface area contributed by atoms with Gasteiger partial charge in [-0.25, -0.2) is 18.1 Å². The number of amides is 1. The van der Waals surface area contributed by atoms with Gasteiger partial charge < -0.3 is 10.0 Å². The molecule has 1 fully saturated rings. The van der Waals surface area contributed by atoms with Crippen molar-refractivity contribution in [2.24, 2.45) is 5.92 Å². The lowest BCUT2D eigenvalue weighted by molar-refractivity contribution is 0.0666. The van der Waals surface area contributed by atoms with Gasteiger partial charge in [-0.05, 0) is 56.4 Å². The second-order valence-corrected chi connectivity index (χ2v) is 10.7. The van der Waals surface area contributed by atoms with Crippen molar-refractivity contribution in [3.63, 3.8) is 0 Å². The summed E-state index contributed by atoms with van der Waals surface area (Å²) in [6.07, 6.45) is 5.29. The molecular formula is C21H26N4O4S2. The van der Waals surface area contributed by atoms with Crippen LogP contribution in [0.5, 0.6) is 0 Å². The molecule has 1 amide bonds. The van der Waals surface area contributed by atoms with Crippen molar-refractivity contribution in [1.82, 2.24) is 9.71 Å². The minimum atomic E-state index is -3.70. The smallest absolute Gasteiger partial charge is 0.284 e. The molecule has 1 aromatic carbocycles. The Hall–Kier alpha value is -2.48. The van der Waals surface area contributed by atoms with E-state index in [9.17, 15) is 18.3 Å². The lowest BCUT2D eigenvalue weighted by atomic mass is 9.84. The van der Waals surface area contributed by atoms with Gasteiger partial charge in [0.1, 0.15) is 5.69 Å². The molecule has 1 aromatic heterocycles. The normalized spacial score (nSPS) is 18.9. The number of aliphatic hydroxyl groups is 1. The van der Waals surface area contributed by atoms with Crippen molar-refractivity contribution in [3.05, 3.63) is 40.4 Å². The summed E-state index contributed by atoms with van der Waals surface area (Å²) in [7, 11) is -3.70. The Balaban J connectivity index is 1.89. The number of hydrogen-bond acceptors (Lipinski definition) is 8. The zero-order valence-electron chi connectivity index (χ0n) is 17.5. The van der Waals surface area contributed by atoms with E-state index in [0.717, 1.165) is 44.0 Å². The van der Waals surface area contributed by atoms with Gasteiger partial charge in [0.05, 0.1) is 24.0 Å². The van der Waals surface area contributed by atoms with Gasteiger partial charge in [-0.2, -0.15) is 5.26 Å². The fourth-order valence-electron chi connectivity index (χ4n) is 3.80. The van der Waals surface area contributed by atoms with Crippen LogP contribution >= 0.6 is 11.3 Å². The van der Waals surface area contributed by atoms with Crippen LogP contribution in [0.3, 0.4) is 0 Å². The molecule has 8 nitrogen and oxygen atoms in total. The molecule has 1 heterocycles. The lowest BCUT2D eigenvalue weighted by Crippen LogP contribution is -2.30. The van der Waals surface area contributed by atoms with Crippen LogP contribution in [0.1, 0.15) is 53.0 Å². The first-order valence-corrected chi connectivity index (χ1v) is 12.8. The summed E-state index contributed by atoms with van der Waals surface area (Å²) in [4.78, 5) is 19.3. The monoisotopic (exact) mass is 462 g/mol. The Kier molecular flexibility index (Phi) is 7.30. The van der Waals surface area contributed by atoms with Crippen LogP contribution in [-0.4, -0.2) is 43.3 Å². The highest BCUT2D eigenvalue weighted by atomic mass is 32.2. The standard InChI is InChI=1S/C21H26N4O4S2/c1-14-19(20(27)24-31(2,28)29)23-21(30-14)25(17-9-7-15(13-22)8-10-17)12-11-16-5-3-4-6-18(16)26/h7-10,16,18,26H,3-6,11-12H2,1-2H3,(H,24,27)/t16-,18+/m1/s1. The number of thiazole rings is 1. The number of hydrogen-bond donors (Lipinski definition) is 2. The first-order valence-electron chi connectivity index (χ1n) is 10.1. The number of rotatable bonds is 7. The fraction of sp³-hybridized carbons (Fsp3) is 0.476. The number of sulfonamides is 1. The second kappa shape index (κ2) is 9.77. The molecule has 0 bridgehead atoms. The van der Waals surface area contributed by atoms with Gasteiger partial charge in [-0.1, -0.05) is 12.8 Å². The molecule has 1 saturated carbocycles. The summed E-state index contributed by atoms with van der Waals surface area (Å²) in [6, 6.07) is 9.18. The average molecular weight is 463 g/mol. The highest BCUT2D eigenvalue weighted by Gasteiger charge is 2.26. The number of nitrogens with one attached hydrogen (secondary N) is 1. The van der Waals surface area contributed by atoms with Gasteiger partial charge >= 0.3 is 0 Å². The van der Waals surface area contributed by atoms with Gasteiger partial charge in [-0.15, -0.1) is 11.3 Å². The summed E-state index contributed by atoms with van der Waals surface area (Å²) >= 11 is 1.30. The summed E-state index contributed by atoms with van der Waals surface area (Å²) in [5.41, 5.74) is 1.42. The maximum absolute atomic E-state index is 12.4. The summed E-state index contributed by atoms with van der Waals surface area (Å²) in [6.45, 7) is 2.30. The minimum Gasteiger partial charge on any atom is -0.393 e. The number of anilines is 2. The molecule has 2 N–H and O–H groups in total. The molecule has 31 heavy (non-hydrogen) atoms. The van der Waals surface area contributed by atoms with Crippen LogP contribution in [0, 0.1) is 24.2 Å². The summed E-state index contributed by atoms with van der Waals surface area (Å²) in [5, 5.41) is 20.0. The predicted molar refractivity (Wildman–Crippen MR) is 120 cm³/mol. The molecule has 0 unspecified atom stereocenters. The molecular weight excluding hydrogens is 436 g/mol. The van der Waals surface area contributed by atoms with Crippen LogP contribution in [0.25, 0.3) is 0 Å². The van der Waals surface area contributed by atoms with Crippen molar-refractivity contribution in [2.45, 2.75) is 45.1 Å². The van der Waals surface area contributed by atoms with Gasteiger partial charge in [-0.3, -0.25) is 4.79 Å². The molecule has 0 spiro atoms. The summed E-state index contributed by atoms with van der Waals surface area (Å²) in [5.74, 6) is -0.561. The van der Waals surface area contributed by atoms with Crippen molar-refractivity contribution in [3.8, 4) is 6.07 Å². The van der Waals surface area contributed by atoms with Crippen LogP contribution in [0.15, 0.2) is 24.3 Å². The highest BCUT2D eigenvalue weighted by Crippen LogP contribution is 2.34. The molecule has 3 rings (SSSR count). The van der Waals surface area contributed by atoms with E-state index in [2.05, 4.69) is 11.1 Å². The third-order valence-electron chi connectivity index (χ3n) is 5.41. The second-order valence-electron chi connectivity index (χ2n) is 7.82. The average Bonchev–Trinajstić information content (AvgIpc) is 3.10. The van der Waals surface area contributed by atoms with Crippen LogP contribution < -0.4 is 9.62 Å². The zero-order valence-corrected chi connectivity index (χ0v) is 19.2. The van der Waals surface area contributed by atoms with Crippen molar-refractivity contribution in [2.75, 3.05) is 17.7 Å². The number of aryl methyl sites for hydroxylation is 1. The van der Waals surface area contributed by atoms with Gasteiger partial charge in [0.2, 0.25) is 10.0 Å². The van der Waals surface area contributed by atoms with E-state index in [4.69, 9.17) is 5.26 Å². The SMILES string of the molecule is Cc1sc(N(CC[C@H]2CCCC[C@@H]2O)c2ccc(C#N)cc2)nc1C(=O)NS(C)(=O)=O. The van der Waals surface area contributed by atoms with E-state index < -0.39 is 15.9 Å². The van der Waals surface area contributed by atoms with E-state index in [0.29, 0.717) is 22.1 Å².